The SMILES string of the molecule is COCc1ccc(CN(Cc2ccccc2)[C@H](CO)C(C)C)cc1. The molecule has 0 unspecified atom stereocenters. The summed E-state index contributed by atoms with van der Waals surface area (Å²) in [6.07, 6.45) is 0. The van der Waals surface area contributed by atoms with Gasteiger partial charge in [-0.15, -0.1) is 0 Å². The maximum atomic E-state index is 9.88. The van der Waals surface area contributed by atoms with Crippen LogP contribution in [0.1, 0.15) is 30.5 Å². The maximum absolute atomic E-state index is 9.88. The van der Waals surface area contributed by atoms with Crippen molar-refractivity contribution in [2.75, 3.05) is 13.7 Å². The summed E-state index contributed by atoms with van der Waals surface area (Å²) in [5.41, 5.74) is 3.70. The topological polar surface area (TPSA) is 32.7 Å². The maximum Gasteiger partial charge on any atom is 0.0713 e. The molecule has 3 nitrogen and oxygen atoms in total. The molecular weight excluding hydrogens is 298 g/mol. The van der Waals surface area contributed by atoms with Crippen molar-refractivity contribution < 1.29 is 9.84 Å². The lowest BCUT2D eigenvalue weighted by Gasteiger charge is -2.33. The highest BCUT2D eigenvalue weighted by Crippen LogP contribution is 2.18. The molecule has 3 heteroatoms. The summed E-state index contributed by atoms with van der Waals surface area (Å²) in [5.74, 6) is 0.395. The predicted octanol–water partition coefficient (Wildman–Crippen LogP) is 3.85. The average Bonchev–Trinajstić information content (AvgIpc) is 2.58. The van der Waals surface area contributed by atoms with Gasteiger partial charge in [-0.05, 0) is 22.6 Å². The summed E-state index contributed by atoms with van der Waals surface area (Å²) in [5, 5.41) is 9.88. The zero-order valence-electron chi connectivity index (χ0n) is 15.0. The number of hydrogen-bond donors (Lipinski definition) is 1. The van der Waals surface area contributed by atoms with Gasteiger partial charge in [0.15, 0.2) is 0 Å². The minimum absolute atomic E-state index is 0.142. The molecule has 0 aliphatic carbocycles. The summed E-state index contributed by atoms with van der Waals surface area (Å²) in [4.78, 5) is 2.37. The van der Waals surface area contributed by atoms with Crippen molar-refractivity contribution in [3.05, 3.63) is 71.3 Å². The fourth-order valence-electron chi connectivity index (χ4n) is 3.00. The van der Waals surface area contributed by atoms with Crippen molar-refractivity contribution in [2.24, 2.45) is 5.92 Å². The molecular formula is C21H29NO2. The minimum atomic E-state index is 0.142. The summed E-state index contributed by atoms with van der Waals surface area (Å²) in [6, 6.07) is 19.1. The van der Waals surface area contributed by atoms with Crippen molar-refractivity contribution in [1.29, 1.82) is 0 Å². The Labute approximate surface area is 145 Å². The standard InChI is InChI=1S/C21H29NO2/c1-17(2)21(15-23)22(13-18-7-5-4-6-8-18)14-19-9-11-20(12-10-19)16-24-3/h4-12,17,21,23H,13-16H2,1-3H3/t21-/m1/s1. The third kappa shape index (κ3) is 5.45. The van der Waals surface area contributed by atoms with E-state index in [4.69, 9.17) is 4.74 Å². The lowest BCUT2D eigenvalue weighted by molar-refractivity contribution is 0.0784. The van der Waals surface area contributed by atoms with E-state index >= 15 is 0 Å². The Balaban J connectivity index is 2.15. The molecule has 0 spiro atoms. The van der Waals surface area contributed by atoms with E-state index in [0.29, 0.717) is 12.5 Å². The van der Waals surface area contributed by atoms with Crippen LogP contribution in [0.4, 0.5) is 0 Å². The Morgan fingerprint density at radius 1 is 0.875 bits per heavy atom. The van der Waals surface area contributed by atoms with Crippen molar-refractivity contribution in [3.63, 3.8) is 0 Å². The first-order valence-corrected chi connectivity index (χ1v) is 8.59. The number of hydrogen-bond acceptors (Lipinski definition) is 3. The second-order valence-electron chi connectivity index (χ2n) is 6.63. The zero-order valence-corrected chi connectivity index (χ0v) is 15.0. The van der Waals surface area contributed by atoms with Crippen molar-refractivity contribution in [1.82, 2.24) is 4.90 Å². The van der Waals surface area contributed by atoms with Gasteiger partial charge in [0.05, 0.1) is 13.2 Å². The molecule has 0 fully saturated rings. The molecule has 130 valence electrons. The summed E-state index contributed by atoms with van der Waals surface area (Å²) in [6.45, 7) is 6.81. The van der Waals surface area contributed by atoms with Crippen LogP contribution in [0.15, 0.2) is 54.6 Å². The molecule has 1 atom stereocenters. The molecule has 0 amide bonds. The number of aliphatic hydroxyl groups is 1. The van der Waals surface area contributed by atoms with E-state index in [9.17, 15) is 5.11 Å². The van der Waals surface area contributed by atoms with E-state index in [0.717, 1.165) is 13.1 Å². The number of aliphatic hydroxyl groups excluding tert-OH is 1. The fraction of sp³-hybridized carbons (Fsp3) is 0.429. The molecule has 0 saturated heterocycles. The summed E-state index contributed by atoms with van der Waals surface area (Å²) < 4.78 is 5.17. The molecule has 2 rings (SSSR count). The summed E-state index contributed by atoms with van der Waals surface area (Å²) in [7, 11) is 1.71. The van der Waals surface area contributed by atoms with Gasteiger partial charge in [-0.1, -0.05) is 68.4 Å². The largest absolute Gasteiger partial charge is 0.395 e. The van der Waals surface area contributed by atoms with Crippen LogP contribution in [-0.4, -0.2) is 29.8 Å². The molecule has 0 aromatic heterocycles. The quantitative estimate of drug-likeness (QED) is 0.759. The third-order valence-corrected chi connectivity index (χ3v) is 4.37. The van der Waals surface area contributed by atoms with Crippen LogP contribution >= 0.6 is 0 Å². The van der Waals surface area contributed by atoms with Crippen LogP contribution in [-0.2, 0) is 24.4 Å². The van der Waals surface area contributed by atoms with E-state index < -0.39 is 0 Å². The molecule has 24 heavy (non-hydrogen) atoms. The highest BCUT2D eigenvalue weighted by molar-refractivity contribution is 5.22. The molecule has 2 aromatic carbocycles. The zero-order chi connectivity index (χ0) is 17.4. The Hall–Kier alpha value is -1.68. The number of ether oxygens (including phenoxy) is 1. The van der Waals surface area contributed by atoms with E-state index in [2.05, 4.69) is 67.3 Å². The predicted molar refractivity (Wildman–Crippen MR) is 98.6 cm³/mol. The number of methoxy groups -OCH3 is 1. The molecule has 2 aromatic rings. The summed E-state index contributed by atoms with van der Waals surface area (Å²) >= 11 is 0. The van der Waals surface area contributed by atoms with Gasteiger partial charge in [0.2, 0.25) is 0 Å². The van der Waals surface area contributed by atoms with Gasteiger partial charge >= 0.3 is 0 Å². The number of nitrogens with zero attached hydrogens (tertiary/aromatic N) is 1. The lowest BCUT2D eigenvalue weighted by Crippen LogP contribution is -2.40. The van der Waals surface area contributed by atoms with Gasteiger partial charge in [0.25, 0.3) is 0 Å². The smallest absolute Gasteiger partial charge is 0.0713 e. The first kappa shape index (κ1) is 18.7. The monoisotopic (exact) mass is 327 g/mol. The molecule has 0 heterocycles. The van der Waals surface area contributed by atoms with Crippen LogP contribution < -0.4 is 0 Å². The lowest BCUT2D eigenvalue weighted by atomic mass is 10.0. The molecule has 0 saturated carbocycles. The third-order valence-electron chi connectivity index (χ3n) is 4.37. The van der Waals surface area contributed by atoms with Crippen LogP contribution in [0.5, 0.6) is 0 Å². The van der Waals surface area contributed by atoms with Crippen molar-refractivity contribution in [2.45, 2.75) is 39.6 Å². The molecule has 0 radical (unpaired) electrons. The Morgan fingerprint density at radius 2 is 1.42 bits per heavy atom. The number of benzene rings is 2. The van der Waals surface area contributed by atoms with E-state index in [1.807, 2.05) is 6.07 Å². The first-order chi connectivity index (χ1) is 11.6. The van der Waals surface area contributed by atoms with Crippen molar-refractivity contribution >= 4 is 0 Å². The van der Waals surface area contributed by atoms with E-state index in [1.54, 1.807) is 7.11 Å². The average molecular weight is 327 g/mol. The van der Waals surface area contributed by atoms with Crippen LogP contribution in [0.25, 0.3) is 0 Å². The normalized spacial score (nSPS) is 12.8. The van der Waals surface area contributed by atoms with Gasteiger partial charge in [-0.2, -0.15) is 0 Å². The van der Waals surface area contributed by atoms with Crippen LogP contribution in [0.2, 0.25) is 0 Å². The molecule has 0 aliphatic rings. The van der Waals surface area contributed by atoms with E-state index in [1.165, 1.54) is 16.7 Å². The van der Waals surface area contributed by atoms with Gasteiger partial charge in [-0.25, -0.2) is 0 Å². The Kier molecular flexibility index (Phi) is 7.44. The second-order valence-corrected chi connectivity index (χ2v) is 6.63. The minimum Gasteiger partial charge on any atom is -0.395 e. The van der Waals surface area contributed by atoms with Gasteiger partial charge < -0.3 is 9.84 Å². The first-order valence-electron chi connectivity index (χ1n) is 8.59. The van der Waals surface area contributed by atoms with Gasteiger partial charge in [0, 0.05) is 26.2 Å². The Bertz CT molecular complexity index is 581. The van der Waals surface area contributed by atoms with Crippen LogP contribution in [0.3, 0.4) is 0 Å². The van der Waals surface area contributed by atoms with Crippen LogP contribution in [0, 0.1) is 5.92 Å². The van der Waals surface area contributed by atoms with Gasteiger partial charge in [0.1, 0.15) is 0 Å². The van der Waals surface area contributed by atoms with Crippen molar-refractivity contribution in [3.8, 4) is 0 Å². The molecule has 0 bridgehead atoms. The highest BCUT2D eigenvalue weighted by atomic mass is 16.5. The Morgan fingerprint density at radius 3 is 1.92 bits per heavy atom. The second kappa shape index (κ2) is 9.58. The van der Waals surface area contributed by atoms with Gasteiger partial charge in [-0.3, -0.25) is 4.90 Å². The fourth-order valence-corrected chi connectivity index (χ4v) is 3.00. The number of rotatable bonds is 9. The van der Waals surface area contributed by atoms with E-state index in [-0.39, 0.29) is 12.6 Å². The molecule has 0 aliphatic heterocycles. The highest BCUT2D eigenvalue weighted by Gasteiger charge is 2.21. The molecule has 1 N–H and O–H groups in total.